The second-order valence-electron chi connectivity index (χ2n) is 4.95. The Labute approximate surface area is 80.9 Å². The van der Waals surface area contributed by atoms with Gasteiger partial charge in [0.25, 0.3) is 0 Å². The van der Waals surface area contributed by atoms with Crippen molar-refractivity contribution in [3.05, 3.63) is 0 Å². The molecule has 0 aromatic heterocycles. The third-order valence-corrected chi connectivity index (χ3v) is 3.74. The monoisotopic (exact) mass is 183 g/mol. The van der Waals surface area contributed by atoms with Crippen molar-refractivity contribution in [1.82, 2.24) is 4.90 Å². The van der Waals surface area contributed by atoms with Gasteiger partial charge in [-0.25, -0.2) is 0 Å². The minimum Gasteiger partial charge on any atom is -0.396 e. The largest absolute Gasteiger partial charge is 0.396 e. The lowest BCUT2D eigenvalue weighted by Crippen LogP contribution is -2.47. The number of hydrogen-bond acceptors (Lipinski definition) is 2. The summed E-state index contributed by atoms with van der Waals surface area (Å²) >= 11 is 0. The Morgan fingerprint density at radius 2 is 1.77 bits per heavy atom. The van der Waals surface area contributed by atoms with Crippen LogP contribution < -0.4 is 0 Å². The number of hydrogen-bond donors (Lipinski definition) is 1. The summed E-state index contributed by atoms with van der Waals surface area (Å²) < 4.78 is 0. The second kappa shape index (κ2) is 3.58. The van der Waals surface area contributed by atoms with E-state index in [0.29, 0.717) is 18.6 Å². The van der Waals surface area contributed by atoms with E-state index in [-0.39, 0.29) is 0 Å². The van der Waals surface area contributed by atoms with Crippen molar-refractivity contribution in [2.45, 2.75) is 57.7 Å². The molecule has 2 nitrogen and oxygen atoms in total. The summed E-state index contributed by atoms with van der Waals surface area (Å²) in [5, 5.41) is 9.16. The Morgan fingerprint density at radius 1 is 1.23 bits per heavy atom. The standard InChI is InChI=1S/C11H21NO/c1-8(2)12-10-3-4-11(12)6-9(5-10)7-13/h8-11,13H,3-7H2,1-2H3/t10-,11-/m0/s1. The highest BCUT2D eigenvalue weighted by atomic mass is 16.3. The fourth-order valence-electron chi connectivity index (χ4n) is 3.32. The van der Waals surface area contributed by atoms with Crippen molar-refractivity contribution < 1.29 is 5.11 Å². The van der Waals surface area contributed by atoms with E-state index >= 15 is 0 Å². The van der Waals surface area contributed by atoms with Gasteiger partial charge in [-0.15, -0.1) is 0 Å². The number of fused-ring (bicyclic) bond motifs is 2. The van der Waals surface area contributed by atoms with Gasteiger partial charge in [-0.2, -0.15) is 0 Å². The van der Waals surface area contributed by atoms with Gasteiger partial charge in [0.05, 0.1) is 0 Å². The normalized spacial score (nSPS) is 40.2. The van der Waals surface area contributed by atoms with Gasteiger partial charge >= 0.3 is 0 Å². The molecule has 2 rings (SSSR count). The van der Waals surface area contributed by atoms with Crippen LogP contribution in [-0.4, -0.2) is 34.7 Å². The molecule has 0 spiro atoms. The predicted octanol–water partition coefficient (Wildman–Crippen LogP) is 1.63. The Morgan fingerprint density at radius 3 is 2.15 bits per heavy atom. The van der Waals surface area contributed by atoms with Crippen LogP contribution in [0.25, 0.3) is 0 Å². The molecular weight excluding hydrogens is 162 g/mol. The van der Waals surface area contributed by atoms with Gasteiger partial charge in [-0.05, 0) is 45.4 Å². The van der Waals surface area contributed by atoms with Gasteiger partial charge in [-0.3, -0.25) is 4.90 Å². The van der Waals surface area contributed by atoms with Crippen LogP contribution in [-0.2, 0) is 0 Å². The third-order valence-electron chi connectivity index (χ3n) is 3.74. The van der Waals surface area contributed by atoms with Gasteiger partial charge < -0.3 is 5.11 Å². The highest BCUT2D eigenvalue weighted by Gasteiger charge is 2.41. The first-order valence-electron chi connectivity index (χ1n) is 5.60. The second-order valence-corrected chi connectivity index (χ2v) is 4.95. The van der Waals surface area contributed by atoms with E-state index in [0.717, 1.165) is 12.1 Å². The molecule has 2 atom stereocenters. The molecule has 13 heavy (non-hydrogen) atoms. The van der Waals surface area contributed by atoms with E-state index in [1.165, 1.54) is 25.7 Å². The lowest BCUT2D eigenvalue weighted by atomic mass is 9.90. The highest BCUT2D eigenvalue weighted by Crippen LogP contribution is 2.39. The maximum atomic E-state index is 9.16. The topological polar surface area (TPSA) is 23.5 Å². The average Bonchev–Trinajstić information content (AvgIpc) is 2.37. The molecule has 76 valence electrons. The molecule has 2 bridgehead atoms. The average molecular weight is 183 g/mol. The fraction of sp³-hybridized carbons (Fsp3) is 1.00. The Kier molecular flexibility index (Phi) is 2.61. The molecule has 2 aliphatic heterocycles. The van der Waals surface area contributed by atoms with Crippen LogP contribution in [0.5, 0.6) is 0 Å². The fourth-order valence-corrected chi connectivity index (χ4v) is 3.32. The zero-order valence-electron chi connectivity index (χ0n) is 8.74. The smallest absolute Gasteiger partial charge is 0.0460 e. The van der Waals surface area contributed by atoms with E-state index in [4.69, 9.17) is 5.11 Å². The SMILES string of the molecule is CC(C)N1[C@H]2CC[C@H]1CC(CO)C2. The van der Waals surface area contributed by atoms with Crippen molar-refractivity contribution in [3.63, 3.8) is 0 Å². The number of aliphatic hydroxyl groups excluding tert-OH is 1. The molecule has 1 N–H and O–H groups in total. The van der Waals surface area contributed by atoms with E-state index in [2.05, 4.69) is 18.7 Å². The zero-order chi connectivity index (χ0) is 9.42. The summed E-state index contributed by atoms with van der Waals surface area (Å²) in [4.78, 5) is 2.67. The number of nitrogens with zero attached hydrogens (tertiary/aromatic N) is 1. The van der Waals surface area contributed by atoms with Crippen molar-refractivity contribution >= 4 is 0 Å². The van der Waals surface area contributed by atoms with Crippen LogP contribution in [0.2, 0.25) is 0 Å². The van der Waals surface area contributed by atoms with E-state index in [1.54, 1.807) is 0 Å². The molecule has 2 aliphatic rings. The number of rotatable bonds is 2. The van der Waals surface area contributed by atoms with Crippen molar-refractivity contribution in [3.8, 4) is 0 Å². The number of piperidine rings is 1. The van der Waals surface area contributed by atoms with Crippen LogP contribution >= 0.6 is 0 Å². The van der Waals surface area contributed by atoms with Crippen molar-refractivity contribution in [2.24, 2.45) is 5.92 Å². The molecule has 2 heteroatoms. The van der Waals surface area contributed by atoms with Gasteiger partial charge in [0, 0.05) is 24.7 Å². The quantitative estimate of drug-likeness (QED) is 0.703. The van der Waals surface area contributed by atoms with Crippen LogP contribution in [0.3, 0.4) is 0 Å². The number of aliphatic hydroxyl groups is 1. The molecule has 2 fully saturated rings. The zero-order valence-corrected chi connectivity index (χ0v) is 8.74. The van der Waals surface area contributed by atoms with Gasteiger partial charge in [-0.1, -0.05) is 0 Å². The Hall–Kier alpha value is -0.0800. The van der Waals surface area contributed by atoms with Crippen LogP contribution in [0, 0.1) is 5.92 Å². The van der Waals surface area contributed by atoms with Crippen molar-refractivity contribution in [1.29, 1.82) is 0 Å². The molecule has 0 saturated carbocycles. The summed E-state index contributed by atoms with van der Waals surface area (Å²) in [7, 11) is 0. The molecular formula is C11H21NO. The van der Waals surface area contributed by atoms with E-state index in [9.17, 15) is 0 Å². The lowest BCUT2D eigenvalue weighted by Gasteiger charge is -2.41. The van der Waals surface area contributed by atoms with Gasteiger partial charge in [0.15, 0.2) is 0 Å². The predicted molar refractivity (Wildman–Crippen MR) is 53.6 cm³/mol. The molecule has 0 aromatic rings. The summed E-state index contributed by atoms with van der Waals surface area (Å²) in [6.45, 7) is 4.99. The van der Waals surface area contributed by atoms with E-state index < -0.39 is 0 Å². The molecule has 2 saturated heterocycles. The summed E-state index contributed by atoms with van der Waals surface area (Å²) in [6, 6.07) is 2.24. The Balaban J connectivity index is 2.04. The minimum atomic E-state index is 0.402. The molecule has 2 heterocycles. The third kappa shape index (κ3) is 1.62. The van der Waals surface area contributed by atoms with Crippen LogP contribution in [0.4, 0.5) is 0 Å². The summed E-state index contributed by atoms with van der Waals surface area (Å²) in [5.74, 6) is 0.590. The molecule has 0 unspecified atom stereocenters. The highest BCUT2D eigenvalue weighted by molar-refractivity contribution is 4.96. The summed E-state index contributed by atoms with van der Waals surface area (Å²) in [6.07, 6.45) is 5.18. The first-order chi connectivity index (χ1) is 6.22. The first-order valence-corrected chi connectivity index (χ1v) is 5.60. The molecule has 0 aliphatic carbocycles. The molecule has 0 amide bonds. The molecule has 0 aromatic carbocycles. The van der Waals surface area contributed by atoms with Crippen LogP contribution in [0.1, 0.15) is 39.5 Å². The Bertz CT molecular complexity index is 167. The minimum absolute atomic E-state index is 0.402. The first kappa shape index (κ1) is 9.47. The van der Waals surface area contributed by atoms with E-state index in [1.807, 2.05) is 0 Å². The summed E-state index contributed by atoms with van der Waals surface area (Å²) in [5.41, 5.74) is 0. The van der Waals surface area contributed by atoms with Gasteiger partial charge in [0.1, 0.15) is 0 Å². The maximum Gasteiger partial charge on any atom is 0.0460 e. The van der Waals surface area contributed by atoms with Crippen molar-refractivity contribution in [2.75, 3.05) is 6.61 Å². The maximum absolute atomic E-state index is 9.16. The lowest BCUT2D eigenvalue weighted by molar-refractivity contribution is 0.0513. The van der Waals surface area contributed by atoms with Gasteiger partial charge in [0.2, 0.25) is 0 Å². The molecule has 0 radical (unpaired) electrons. The van der Waals surface area contributed by atoms with Crippen LogP contribution in [0.15, 0.2) is 0 Å².